The summed E-state index contributed by atoms with van der Waals surface area (Å²) in [7, 11) is 6.75. The number of benzene rings is 1. The molecule has 0 aromatic heterocycles. The van der Waals surface area contributed by atoms with E-state index in [1.165, 1.54) is 7.11 Å². The first-order chi connectivity index (χ1) is 25.3. The van der Waals surface area contributed by atoms with Crippen molar-refractivity contribution in [1.82, 2.24) is 20.0 Å². The lowest BCUT2D eigenvalue weighted by molar-refractivity contribution is -0.149. The average Bonchev–Trinajstić information content (AvgIpc) is 3.59. The van der Waals surface area contributed by atoms with Crippen LogP contribution in [0.25, 0.3) is 0 Å². The number of methoxy groups -OCH3 is 2. The fourth-order valence-electron chi connectivity index (χ4n) is 8.14. The van der Waals surface area contributed by atoms with E-state index < -0.39 is 54.0 Å². The summed E-state index contributed by atoms with van der Waals surface area (Å²) in [4.78, 5) is 73.2. The van der Waals surface area contributed by atoms with Crippen LogP contribution in [0.1, 0.15) is 93.6 Å². The molecule has 1 aliphatic heterocycles. The number of ether oxygens (including phenoxy) is 2. The summed E-state index contributed by atoms with van der Waals surface area (Å²) in [5, 5.41) is 12.6. The van der Waals surface area contributed by atoms with Crippen LogP contribution in [-0.2, 0) is 39.9 Å². The number of likely N-dealkylation sites (tertiary alicyclic amines) is 1. The second-order valence-electron chi connectivity index (χ2n) is 16.5. The van der Waals surface area contributed by atoms with E-state index in [1.54, 1.807) is 30.9 Å². The van der Waals surface area contributed by atoms with Gasteiger partial charge in [-0.15, -0.1) is 0 Å². The Morgan fingerprint density at radius 2 is 1.48 bits per heavy atom. The van der Waals surface area contributed by atoms with Gasteiger partial charge >= 0.3 is 5.97 Å². The SMILES string of the molecule is CO[C@H]([C@@H](C)C(=O)N[C@@H](Cc1ccccc1)C(=O)O)[C@@H]1CCCN1C(=O)C[C@@H](OC)[C@H](C(C)C)N(C)C(=O)[C@@H](CC(=O)[C@H](C(C)C)N(C)C(C)C)C(C)C. The van der Waals surface area contributed by atoms with E-state index >= 15 is 0 Å². The van der Waals surface area contributed by atoms with Crippen molar-refractivity contribution >= 4 is 29.5 Å². The van der Waals surface area contributed by atoms with Crippen molar-refractivity contribution in [1.29, 1.82) is 0 Å². The van der Waals surface area contributed by atoms with Crippen LogP contribution in [0.2, 0.25) is 0 Å². The number of nitrogens with zero attached hydrogens (tertiary/aromatic N) is 3. The first-order valence-corrected chi connectivity index (χ1v) is 19.7. The minimum absolute atomic E-state index is 0.00250. The van der Waals surface area contributed by atoms with Crippen molar-refractivity contribution < 1.29 is 38.6 Å². The maximum Gasteiger partial charge on any atom is 0.326 e. The largest absolute Gasteiger partial charge is 0.480 e. The van der Waals surface area contributed by atoms with Crippen molar-refractivity contribution in [2.45, 2.75) is 137 Å². The zero-order valence-electron chi connectivity index (χ0n) is 35.2. The molecule has 0 spiro atoms. The van der Waals surface area contributed by atoms with Gasteiger partial charge in [0.05, 0.1) is 42.7 Å². The molecule has 2 N–H and O–H groups in total. The third kappa shape index (κ3) is 12.3. The van der Waals surface area contributed by atoms with Crippen LogP contribution in [0.5, 0.6) is 0 Å². The molecule has 1 fully saturated rings. The highest BCUT2D eigenvalue weighted by atomic mass is 16.5. The number of nitrogens with one attached hydrogen (secondary N) is 1. The van der Waals surface area contributed by atoms with Gasteiger partial charge in [0.15, 0.2) is 5.78 Å². The molecule has 1 aliphatic rings. The predicted molar refractivity (Wildman–Crippen MR) is 211 cm³/mol. The predicted octanol–water partition coefficient (Wildman–Crippen LogP) is 4.92. The number of carbonyl (C=O) groups excluding carboxylic acids is 4. The standard InChI is InChI=1S/C42H70N4O8/c1-25(2)31(23-34(47)37(26(3)4)44(10)28(7)8)41(50)45(11)38(27(5)6)35(53-12)24-36(48)46-21-17-20-33(46)39(54-13)29(9)40(49)43-32(42(51)52)22-30-18-15-14-16-19-30/h14-16,18-19,25-29,31-33,35,37-39H,17,20-24H2,1-13H3,(H,43,49)(H,51,52)/t29-,31+,32+,33+,35-,37+,38+,39-/m1/s1. The fourth-order valence-corrected chi connectivity index (χ4v) is 8.14. The maximum absolute atomic E-state index is 14.3. The minimum Gasteiger partial charge on any atom is -0.480 e. The Morgan fingerprint density at radius 1 is 0.870 bits per heavy atom. The molecule has 2 rings (SSSR count). The number of Topliss-reactive ketones (excluding diaryl/α,β-unsaturated/α-hetero) is 1. The highest BCUT2D eigenvalue weighted by Gasteiger charge is 2.43. The van der Waals surface area contributed by atoms with Gasteiger partial charge < -0.3 is 29.7 Å². The molecule has 0 unspecified atom stereocenters. The van der Waals surface area contributed by atoms with Crippen LogP contribution in [0.4, 0.5) is 0 Å². The second kappa shape index (κ2) is 21.7. The van der Waals surface area contributed by atoms with Crippen LogP contribution in [0.3, 0.4) is 0 Å². The van der Waals surface area contributed by atoms with E-state index in [0.29, 0.717) is 19.4 Å². The van der Waals surface area contributed by atoms with E-state index in [4.69, 9.17) is 9.47 Å². The number of hydrogen-bond donors (Lipinski definition) is 2. The molecule has 0 bridgehead atoms. The lowest BCUT2D eigenvalue weighted by Gasteiger charge is -2.40. The molecule has 1 saturated heterocycles. The van der Waals surface area contributed by atoms with Crippen molar-refractivity contribution in [3.63, 3.8) is 0 Å². The molecule has 0 aliphatic carbocycles. The normalized spacial score (nSPS) is 18.8. The smallest absolute Gasteiger partial charge is 0.326 e. The number of amides is 3. The van der Waals surface area contributed by atoms with Crippen molar-refractivity contribution in [3.05, 3.63) is 35.9 Å². The summed E-state index contributed by atoms with van der Waals surface area (Å²) in [5.74, 6) is -3.23. The summed E-state index contributed by atoms with van der Waals surface area (Å²) < 4.78 is 11.8. The minimum atomic E-state index is -1.13. The van der Waals surface area contributed by atoms with Gasteiger partial charge in [-0.2, -0.15) is 0 Å². The lowest BCUT2D eigenvalue weighted by Crippen LogP contribution is -2.55. The molecule has 3 amide bonds. The quantitative estimate of drug-likeness (QED) is 0.168. The monoisotopic (exact) mass is 759 g/mol. The summed E-state index contributed by atoms with van der Waals surface area (Å²) in [5.41, 5.74) is 0.788. The number of aliphatic carboxylic acids is 1. The van der Waals surface area contributed by atoms with Crippen LogP contribution in [-0.4, -0.2) is 127 Å². The first-order valence-electron chi connectivity index (χ1n) is 19.7. The highest BCUT2D eigenvalue weighted by Crippen LogP contribution is 2.30. The molecule has 12 nitrogen and oxygen atoms in total. The van der Waals surface area contributed by atoms with Crippen molar-refractivity contribution in [2.24, 2.45) is 29.6 Å². The third-order valence-corrected chi connectivity index (χ3v) is 11.4. The number of carboxylic acid groups (broad SMARTS) is 1. The van der Waals surface area contributed by atoms with Gasteiger partial charge in [-0.25, -0.2) is 4.79 Å². The van der Waals surface area contributed by atoms with Crippen molar-refractivity contribution in [2.75, 3.05) is 34.9 Å². The van der Waals surface area contributed by atoms with Crippen molar-refractivity contribution in [3.8, 4) is 0 Å². The number of hydrogen-bond acceptors (Lipinski definition) is 8. The Morgan fingerprint density at radius 3 is 1.96 bits per heavy atom. The van der Waals surface area contributed by atoms with Gasteiger partial charge in [0.2, 0.25) is 17.7 Å². The van der Waals surface area contributed by atoms with Crippen LogP contribution < -0.4 is 5.32 Å². The molecule has 12 heteroatoms. The Hall–Kier alpha value is -3.35. The fraction of sp³-hybridized carbons (Fsp3) is 0.738. The van der Waals surface area contributed by atoms with E-state index in [2.05, 4.69) is 24.1 Å². The maximum atomic E-state index is 14.3. The van der Waals surface area contributed by atoms with Crippen LogP contribution >= 0.6 is 0 Å². The van der Waals surface area contributed by atoms with Gasteiger partial charge in [-0.3, -0.25) is 24.1 Å². The summed E-state index contributed by atoms with van der Waals surface area (Å²) in [6.45, 7) is 18.3. The third-order valence-electron chi connectivity index (χ3n) is 11.4. The van der Waals surface area contributed by atoms with Crippen LogP contribution in [0, 0.1) is 29.6 Å². The Bertz CT molecular complexity index is 1370. The van der Waals surface area contributed by atoms with E-state index in [-0.39, 0.29) is 66.7 Å². The zero-order valence-corrected chi connectivity index (χ0v) is 35.2. The topological polar surface area (TPSA) is 146 Å². The van der Waals surface area contributed by atoms with Gasteiger partial charge in [-0.05, 0) is 57.1 Å². The van der Waals surface area contributed by atoms with E-state index in [9.17, 15) is 29.1 Å². The van der Waals surface area contributed by atoms with E-state index in [0.717, 1.165) is 5.56 Å². The molecule has 8 atom stereocenters. The second-order valence-corrected chi connectivity index (χ2v) is 16.5. The number of ketones is 1. The molecule has 1 aromatic carbocycles. The van der Waals surface area contributed by atoms with Crippen LogP contribution in [0.15, 0.2) is 30.3 Å². The van der Waals surface area contributed by atoms with Gasteiger partial charge in [0.1, 0.15) is 6.04 Å². The Labute approximate surface area is 324 Å². The molecule has 1 heterocycles. The molecule has 1 aromatic rings. The summed E-state index contributed by atoms with van der Waals surface area (Å²) in [6, 6.07) is 6.99. The van der Waals surface area contributed by atoms with Gasteiger partial charge in [0.25, 0.3) is 0 Å². The Balaban J connectivity index is 2.25. The number of carboxylic acids is 1. The Kier molecular flexibility index (Phi) is 18.8. The number of carbonyl (C=O) groups is 5. The molecule has 306 valence electrons. The van der Waals surface area contributed by atoms with Gasteiger partial charge in [-0.1, -0.05) is 78.8 Å². The molecular formula is C42H70N4O8. The number of rotatable bonds is 22. The summed E-state index contributed by atoms with van der Waals surface area (Å²) in [6.07, 6.45) is 0.280. The highest BCUT2D eigenvalue weighted by molar-refractivity contribution is 5.90. The molecule has 54 heavy (non-hydrogen) atoms. The zero-order chi connectivity index (χ0) is 41.0. The molecular weight excluding hydrogens is 688 g/mol. The number of likely N-dealkylation sites (N-methyl/N-ethyl adjacent to an activating group) is 2. The molecule has 0 saturated carbocycles. The summed E-state index contributed by atoms with van der Waals surface area (Å²) >= 11 is 0. The average molecular weight is 759 g/mol. The van der Waals surface area contributed by atoms with Gasteiger partial charge in [0, 0.05) is 52.6 Å². The first kappa shape index (κ1) is 46.8. The van der Waals surface area contributed by atoms with E-state index in [1.807, 2.05) is 78.9 Å². The molecule has 0 radical (unpaired) electrons. The lowest BCUT2D eigenvalue weighted by atomic mass is 9.84.